The molecule has 0 heterocycles. The van der Waals surface area contributed by atoms with Gasteiger partial charge in [-0.15, -0.1) is 0 Å². The van der Waals surface area contributed by atoms with Gasteiger partial charge in [-0.2, -0.15) is 0 Å². The van der Waals surface area contributed by atoms with Gasteiger partial charge in [0.05, 0.1) is 19.1 Å². The van der Waals surface area contributed by atoms with Crippen molar-refractivity contribution in [3.8, 4) is 0 Å². The highest BCUT2D eigenvalue weighted by Crippen LogP contribution is 2.14. The van der Waals surface area contributed by atoms with Crippen molar-refractivity contribution in [1.29, 1.82) is 0 Å². The Balaban J connectivity index is 1.82. The Labute approximate surface area is 171 Å². The van der Waals surface area contributed by atoms with Gasteiger partial charge in [-0.05, 0) is 43.3 Å². The van der Waals surface area contributed by atoms with Crippen molar-refractivity contribution in [1.82, 2.24) is 10.2 Å². The standard InChI is InChI=1S/C22H28N4O3/c1-4-26(14-21(28)23-16(2)18-8-6-5-7-9-18)15-22(29)25-20-12-10-19(11-13-20)24-17(3)27/h5-13,16H,4,14-15H2,1-3H3,(H,23,28)(H,24,27)(H,25,29)/t16-/m1/s1. The van der Waals surface area contributed by atoms with Gasteiger partial charge in [0.25, 0.3) is 0 Å². The maximum atomic E-state index is 12.3. The highest BCUT2D eigenvalue weighted by molar-refractivity contribution is 5.93. The number of hydrogen-bond acceptors (Lipinski definition) is 4. The van der Waals surface area contributed by atoms with E-state index < -0.39 is 0 Å². The van der Waals surface area contributed by atoms with E-state index >= 15 is 0 Å². The maximum Gasteiger partial charge on any atom is 0.238 e. The predicted octanol–water partition coefficient (Wildman–Crippen LogP) is 2.78. The smallest absolute Gasteiger partial charge is 0.238 e. The second-order valence-electron chi connectivity index (χ2n) is 6.81. The molecule has 0 radical (unpaired) electrons. The average Bonchev–Trinajstić information content (AvgIpc) is 2.69. The summed E-state index contributed by atoms with van der Waals surface area (Å²) < 4.78 is 0. The maximum absolute atomic E-state index is 12.3. The molecule has 0 aliphatic carbocycles. The number of nitrogens with one attached hydrogen (secondary N) is 3. The number of hydrogen-bond donors (Lipinski definition) is 3. The number of carbonyl (C=O) groups excluding carboxylic acids is 3. The Morgan fingerprint density at radius 2 is 1.41 bits per heavy atom. The molecule has 154 valence electrons. The number of anilines is 2. The molecule has 0 unspecified atom stereocenters. The second kappa shape index (κ2) is 11.0. The first kappa shape index (κ1) is 22.1. The van der Waals surface area contributed by atoms with E-state index in [2.05, 4.69) is 16.0 Å². The fourth-order valence-electron chi connectivity index (χ4n) is 2.84. The largest absolute Gasteiger partial charge is 0.348 e. The van der Waals surface area contributed by atoms with Crippen molar-refractivity contribution < 1.29 is 14.4 Å². The summed E-state index contributed by atoms with van der Waals surface area (Å²) in [5, 5.41) is 8.43. The summed E-state index contributed by atoms with van der Waals surface area (Å²) in [4.78, 5) is 37.5. The van der Waals surface area contributed by atoms with Gasteiger partial charge in [0.15, 0.2) is 0 Å². The Morgan fingerprint density at radius 3 is 1.97 bits per heavy atom. The van der Waals surface area contributed by atoms with Crippen LogP contribution in [-0.2, 0) is 14.4 Å². The third kappa shape index (κ3) is 7.75. The van der Waals surface area contributed by atoms with Gasteiger partial charge in [0.2, 0.25) is 17.7 Å². The number of carbonyl (C=O) groups is 3. The lowest BCUT2D eigenvalue weighted by atomic mass is 10.1. The van der Waals surface area contributed by atoms with Gasteiger partial charge in [-0.3, -0.25) is 19.3 Å². The van der Waals surface area contributed by atoms with Crippen molar-refractivity contribution in [3.63, 3.8) is 0 Å². The van der Waals surface area contributed by atoms with E-state index in [4.69, 9.17) is 0 Å². The molecular formula is C22H28N4O3. The van der Waals surface area contributed by atoms with Gasteiger partial charge in [0, 0.05) is 18.3 Å². The minimum Gasteiger partial charge on any atom is -0.348 e. The van der Waals surface area contributed by atoms with E-state index in [1.807, 2.05) is 44.2 Å². The first-order valence-electron chi connectivity index (χ1n) is 9.61. The Kier molecular flexibility index (Phi) is 8.36. The zero-order valence-corrected chi connectivity index (χ0v) is 17.1. The van der Waals surface area contributed by atoms with E-state index in [0.717, 1.165) is 5.56 Å². The van der Waals surface area contributed by atoms with Crippen molar-refractivity contribution in [2.75, 3.05) is 30.3 Å². The Hall–Kier alpha value is -3.19. The molecule has 3 amide bonds. The summed E-state index contributed by atoms with van der Waals surface area (Å²) in [7, 11) is 0. The highest BCUT2D eigenvalue weighted by atomic mass is 16.2. The van der Waals surface area contributed by atoms with E-state index in [1.54, 1.807) is 29.2 Å². The minimum atomic E-state index is -0.206. The van der Waals surface area contributed by atoms with Crippen LogP contribution >= 0.6 is 0 Å². The molecule has 0 bridgehead atoms. The summed E-state index contributed by atoms with van der Waals surface area (Å²) in [5.41, 5.74) is 2.32. The van der Waals surface area contributed by atoms with Crippen LogP contribution in [0.25, 0.3) is 0 Å². The molecule has 1 atom stereocenters. The lowest BCUT2D eigenvalue weighted by Crippen LogP contribution is -2.41. The monoisotopic (exact) mass is 396 g/mol. The number of rotatable bonds is 9. The van der Waals surface area contributed by atoms with E-state index in [0.29, 0.717) is 17.9 Å². The first-order chi connectivity index (χ1) is 13.9. The van der Waals surface area contributed by atoms with Crippen LogP contribution in [0.5, 0.6) is 0 Å². The molecule has 29 heavy (non-hydrogen) atoms. The van der Waals surface area contributed by atoms with E-state index in [1.165, 1.54) is 6.92 Å². The first-order valence-corrected chi connectivity index (χ1v) is 9.61. The molecule has 2 aromatic carbocycles. The summed E-state index contributed by atoms with van der Waals surface area (Å²) in [5.74, 6) is -0.487. The Bertz CT molecular complexity index is 822. The van der Waals surface area contributed by atoms with Crippen LogP contribution in [0.4, 0.5) is 11.4 Å². The van der Waals surface area contributed by atoms with Gasteiger partial charge < -0.3 is 16.0 Å². The molecule has 0 saturated carbocycles. The summed E-state index contributed by atoms with van der Waals surface area (Å²) in [6.45, 7) is 6.09. The molecule has 0 aromatic heterocycles. The van der Waals surface area contributed by atoms with Crippen LogP contribution in [0.2, 0.25) is 0 Å². The van der Waals surface area contributed by atoms with Gasteiger partial charge in [-0.25, -0.2) is 0 Å². The van der Waals surface area contributed by atoms with Crippen molar-refractivity contribution in [2.24, 2.45) is 0 Å². The zero-order valence-electron chi connectivity index (χ0n) is 17.1. The number of amides is 3. The highest BCUT2D eigenvalue weighted by Gasteiger charge is 2.15. The lowest BCUT2D eigenvalue weighted by Gasteiger charge is -2.21. The fraction of sp³-hybridized carbons (Fsp3) is 0.318. The van der Waals surface area contributed by atoms with Crippen molar-refractivity contribution >= 4 is 29.1 Å². The van der Waals surface area contributed by atoms with Gasteiger partial charge in [-0.1, -0.05) is 37.3 Å². The third-order valence-corrected chi connectivity index (χ3v) is 4.35. The van der Waals surface area contributed by atoms with Crippen LogP contribution in [0.1, 0.15) is 32.4 Å². The minimum absolute atomic E-state index is 0.0987. The van der Waals surface area contributed by atoms with Crippen molar-refractivity contribution in [2.45, 2.75) is 26.8 Å². The normalized spacial score (nSPS) is 11.6. The van der Waals surface area contributed by atoms with Crippen molar-refractivity contribution in [3.05, 3.63) is 60.2 Å². The van der Waals surface area contributed by atoms with Gasteiger partial charge in [0.1, 0.15) is 0 Å². The fourth-order valence-corrected chi connectivity index (χ4v) is 2.84. The summed E-state index contributed by atoms with van der Waals surface area (Å²) in [6.07, 6.45) is 0. The third-order valence-electron chi connectivity index (χ3n) is 4.35. The van der Waals surface area contributed by atoms with Gasteiger partial charge >= 0.3 is 0 Å². The summed E-state index contributed by atoms with van der Waals surface area (Å²) in [6, 6.07) is 16.5. The predicted molar refractivity (Wildman–Crippen MR) is 114 cm³/mol. The van der Waals surface area contributed by atoms with E-state index in [-0.39, 0.29) is 36.9 Å². The summed E-state index contributed by atoms with van der Waals surface area (Å²) >= 11 is 0. The SMILES string of the molecule is CCN(CC(=O)Nc1ccc(NC(C)=O)cc1)CC(=O)N[C@H](C)c1ccccc1. The molecule has 0 spiro atoms. The number of nitrogens with zero attached hydrogens (tertiary/aromatic N) is 1. The molecule has 0 aliphatic rings. The zero-order chi connectivity index (χ0) is 21.2. The molecule has 3 N–H and O–H groups in total. The lowest BCUT2D eigenvalue weighted by molar-refractivity contribution is -0.124. The van der Waals surface area contributed by atoms with E-state index in [9.17, 15) is 14.4 Å². The van der Waals surface area contributed by atoms with Crippen LogP contribution in [0.15, 0.2) is 54.6 Å². The molecule has 2 aromatic rings. The topological polar surface area (TPSA) is 90.5 Å². The van der Waals surface area contributed by atoms with Crippen LogP contribution < -0.4 is 16.0 Å². The molecule has 2 rings (SSSR count). The average molecular weight is 396 g/mol. The second-order valence-corrected chi connectivity index (χ2v) is 6.81. The van der Waals surface area contributed by atoms with Crippen LogP contribution in [0, 0.1) is 0 Å². The molecule has 7 heteroatoms. The van der Waals surface area contributed by atoms with Crippen LogP contribution in [-0.4, -0.2) is 42.3 Å². The molecule has 0 saturated heterocycles. The molecule has 0 aliphatic heterocycles. The number of benzene rings is 2. The molecular weight excluding hydrogens is 368 g/mol. The quantitative estimate of drug-likeness (QED) is 0.608. The molecule has 0 fully saturated rings. The number of likely N-dealkylation sites (N-methyl/N-ethyl adjacent to an activating group) is 1. The van der Waals surface area contributed by atoms with Crippen LogP contribution in [0.3, 0.4) is 0 Å². The molecule has 7 nitrogen and oxygen atoms in total. The Morgan fingerprint density at radius 1 is 0.862 bits per heavy atom.